The fourth-order valence-electron chi connectivity index (χ4n) is 1.44. The predicted molar refractivity (Wildman–Crippen MR) is 63.5 cm³/mol. The fourth-order valence-corrected chi connectivity index (χ4v) is 2.21. The maximum Gasteiger partial charge on any atom is 0.261 e. The van der Waals surface area contributed by atoms with E-state index in [1.165, 1.54) is 30.0 Å². The highest BCUT2D eigenvalue weighted by atomic mass is 35.7. The van der Waals surface area contributed by atoms with Gasteiger partial charge in [0.25, 0.3) is 9.05 Å². The summed E-state index contributed by atoms with van der Waals surface area (Å²) in [7, 11) is 2.94. The zero-order valence-electron chi connectivity index (χ0n) is 9.53. The van der Waals surface area contributed by atoms with Crippen molar-refractivity contribution in [1.82, 2.24) is 20.2 Å². The second-order valence-electron chi connectivity index (χ2n) is 3.41. The van der Waals surface area contributed by atoms with Gasteiger partial charge in [0, 0.05) is 10.7 Å². The molecule has 0 saturated heterocycles. The second kappa shape index (κ2) is 4.54. The third-order valence-electron chi connectivity index (χ3n) is 2.29. The first-order chi connectivity index (χ1) is 8.43. The Bertz CT molecular complexity index is 683. The molecule has 1 aromatic heterocycles. The monoisotopic (exact) mass is 288 g/mol. The van der Waals surface area contributed by atoms with Crippen molar-refractivity contribution in [3.63, 3.8) is 0 Å². The number of halogens is 1. The Hall–Kier alpha value is -1.67. The van der Waals surface area contributed by atoms with Gasteiger partial charge in [0.05, 0.1) is 12.0 Å². The summed E-state index contributed by atoms with van der Waals surface area (Å²) in [5.74, 6) is 0.937. The summed E-state index contributed by atoms with van der Waals surface area (Å²) < 4.78 is 29.1. The lowest BCUT2D eigenvalue weighted by Crippen LogP contribution is -2.04. The zero-order chi connectivity index (χ0) is 13.3. The molecule has 1 aromatic carbocycles. The van der Waals surface area contributed by atoms with Gasteiger partial charge in [-0.3, -0.25) is 0 Å². The van der Waals surface area contributed by atoms with Gasteiger partial charge in [0.1, 0.15) is 11.4 Å². The van der Waals surface area contributed by atoms with E-state index in [1.54, 1.807) is 6.92 Å². The minimum Gasteiger partial charge on any atom is -0.494 e. The topological polar surface area (TPSA) is 87.0 Å². The molecule has 0 aliphatic rings. The van der Waals surface area contributed by atoms with E-state index in [9.17, 15) is 8.42 Å². The summed E-state index contributed by atoms with van der Waals surface area (Å²) in [6.07, 6.45) is 0. The fraction of sp³-hybridized carbons (Fsp3) is 0.222. The largest absolute Gasteiger partial charge is 0.494 e. The predicted octanol–water partition coefficient (Wildman–Crippen LogP) is 0.907. The van der Waals surface area contributed by atoms with E-state index in [4.69, 9.17) is 15.4 Å². The van der Waals surface area contributed by atoms with Crippen LogP contribution in [0.3, 0.4) is 0 Å². The molecule has 0 aliphatic heterocycles. The van der Waals surface area contributed by atoms with E-state index in [-0.39, 0.29) is 4.90 Å². The van der Waals surface area contributed by atoms with Crippen molar-refractivity contribution in [2.45, 2.75) is 11.8 Å². The molecule has 0 amide bonds. The van der Waals surface area contributed by atoms with Crippen molar-refractivity contribution < 1.29 is 13.2 Å². The number of tetrazole rings is 1. The molecule has 7 nitrogen and oxygen atoms in total. The lowest BCUT2D eigenvalue weighted by Gasteiger charge is -2.09. The van der Waals surface area contributed by atoms with Gasteiger partial charge >= 0.3 is 0 Å². The summed E-state index contributed by atoms with van der Waals surface area (Å²) in [5.41, 5.74) is 0.404. The number of aromatic nitrogens is 4. The molecule has 2 rings (SSSR count). The minimum atomic E-state index is -3.82. The van der Waals surface area contributed by atoms with E-state index < -0.39 is 9.05 Å². The average Bonchev–Trinajstić information content (AvgIpc) is 2.73. The lowest BCUT2D eigenvalue weighted by molar-refractivity contribution is 0.410. The van der Waals surface area contributed by atoms with E-state index in [2.05, 4.69) is 15.5 Å². The van der Waals surface area contributed by atoms with Crippen LogP contribution in [0.5, 0.6) is 5.75 Å². The first-order valence-corrected chi connectivity index (χ1v) is 7.12. The molecule has 2 aromatic rings. The van der Waals surface area contributed by atoms with E-state index >= 15 is 0 Å². The standard InChI is InChI=1S/C9H9ClN4O3S/c1-6-11-12-13-14(6)8-5-7(18(10,15)16)3-4-9(8)17-2/h3-5H,1-2H3. The smallest absolute Gasteiger partial charge is 0.261 e. The lowest BCUT2D eigenvalue weighted by atomic mass is 10.3. The normalized spacial score (nSPS) is 11.5. The van der Waals surface area contributed by atoms with Crippen molar-refractivity contribution in [1.29, 1.82) is 0 Å². The van der Waals surface area contributed by atoms with Crippen LogP contribution in [0.4, 0.5) is 0 Å². The Kier molecular flexibility index (Phi) is 3.22. The van der Waals surface area contributed by atoms with Crippen molar-refractivity contribution >= 4 is 19.7 Å². The number of methoxy groups -OCH3 is 1. The van der Waals surface area contributed by atoms with Crippen molar-refractivity contribution in [3.05, 3.63) is 24.0 Å². The van der Waals surface area contributed by atoms with Crippen LogP contribution in [0.25, 0.3) is 5.69 Å². The van der Waals surface area contributed by atoms with Crippen molar-refractivity contribution in [3.8, 4) is 11.4 Å². The molecule has 0 unspecified atom stereocenters. The highest BCUT2D eigenvalue weighted by Crippen LogP contribution is 2.27. The molecule has 0 atom stereocenters. The Balaban J connectivity index is 2.68. The highest BCUT2D eigenvalue weighted by molar-refractivity contribution is 8.13. The molecule has 0 fully saturated rings. The first-order valence-electron chi connectivity index (χ1n) is 4.81. The van der Waals surface area contributed by atoms with Crippen molar-refractivity contribution in [2.24, 2.45) is 0 Å². The molecule has 0 N–H and O–H groups in total. The summed E-state index contributed by atoms with van der Waals surface area (Å²) in [6.45, 7) is 1.68. The molecule has 0 spiro atoms. The maximum atomic E-state index is 11.3. The minimum absolute atomic E-state index is 0.0464. The number of ether oxygens (including phenoxy) is 1. The molecular weight excluding hydrogens is 280 g/mol. The van der Waals surface area contributed by atoms with Crippen LogP contribution in [0.2, 0.25) is 0 Å². The molecule has 0 saturated carbocycles. The highest BCUT2D eigenvalue weighted by Gasteiger charge is 2.16. The molecule has 9 heteroatoms. The Labute approximate surface area is 108 Å². The zero-order valence-corrected chi connectivity index (χ0v) is 11.1. The molecule has 1 heterocycles. The number of rotatable bonds is 3. The quantitative estimate of drug-likeness (QED) is 0.780. The van der Waals surface area contributed by atoms with E-state index in [0.29, 0.717) is 17.3 Å². The summed E-state index contributed by atoms with van der Waals surface area (Å²) >= 11 is 0. The molecule has 0 aliphatic carbocycles. The van der Waals surface area contributed by atoms with Gasteiger partial charge in [-0.1, -0.05) is 0 Å². The molecular formula is C9H9ClN4O3S. The van der Waals surface area contributed by atoms with Gasteiger partial charge in [-0.15, -0.1) is 5.10 Å². The van der Waals surface area contributed by atoms with Gasteiger partial charge < -0.3 is 4.74 Å². The van der Waals surface area contributed by atoms with Crippen LogP contribution in [0.1, 0.15) is 5.82 Å². The van der Waals surface area contributed by atoms with Gasteiger partial charge in [-0.2, -0.15) is 4.68 Å². The van der Waals surface area contributed by atoms with Crippen molar-refractivity contribution in [2.75, 3.05) is 7.11 Å². The van der Waals surface area contributed by atoms with Crippen LogP contribution in [0.15, 0.2) is 23.1 Å². The van der Waals surface area contributed by atoms with Gasteiger partial charge in [-0.25, -0.2) is 8.42 Å². The van der Waals surface area contributed by atoms with Crippen LogP contribution in [-0.2, 0) is 9.05 Å². The number of aryl methyl sites for hydroxylation is 1. The third-order valence-corrected chi connectivity index (χ3v) is 3.64. The summed E-state index contributed by atoms with van der Waals surface area (Å²) in [5, 5.41) is 11.0. The Morgan fingerprint density at radius 3 is 2.61 bits per heavy atom. The van der Waals surface area contributed by atoms with Crippen LogP contribution in [0, 0.1) is 6.92 Å². The molecule has 18 heavy (non-hydrogen) atoms. The first kappa shape index (κ1) is 12.8. The van der Waals surface area contributed by atoms with E-state index in [0.717, 1.165) is 0 Å². The number of nitrogens with zero attached hydrogens (tertiary/aromatic N) is 4. The molecule has 0 radical (unpaired) electrons. The number of benzene rings is 1. The van der Waals surface area contributed by atoms with E-state index in [1.807, 2.05) is 0 Å². The van der Waals surface area contributed by atoms with Crippen LogP contribution in [-0.4, -0.2) is 35.7 Å². The Morgan fingerprint density at radius 1 is 1.39 bits per heavy atom. The summed E-state index contributed by atoms with van der Waals surface area (Å²) in [6, 6.07) is 4.20. The average molecular weight is 289 g/mol. The maximum absolute atomic E-state index is 11.3. The molecule has 96 valence electrons. The van der Waals surface area contributed by atoms with Gasteiger partial charge in [-0.05, 0) is 35.5 Å². The van der Waals surface area contributed by atoms with Gasteiger partial charge in [0.2, 0.25) is 0 Å². The number of hydrogen-bond acceptors (Lipinski definition) is 6. The van der Waals surface area contributed by atoms with Crippen LogP contribution >= 0.6 is 10.7 Å². The third kappa shape index (κ3) is 2.29. The van der Waals surface area contributed by atoms with Crippen LogP contribution < -0.4 is 4.74 Å². The second-order valence-corrected chi connectivity index (χ2v) is 5.98. The molecule has 0 bridgehead atoms. The number of hydrogen-bond donors (Lipinski definition) is 0. The Morgan fingerprint density at radius 2 is 2.11 bits per heavy atom. The van der Waals surface area contributed by atoms with Gasteiger partial charge in [0.15, 0.2) is 5.82 Å². The summed E-state index contributed by atoms with van der Waals surface area (Å²) in [4.78, 5) is -0.0464. The SMILES string of the molecule is COc1ccc(S(=O)(=O)Cl)cc1-n1nnnc1C.